The number of amides is 1. The molecule has 0 spiro atoms. The van der Waals surface area contributed by atoms with Crippen LogP contribution in [-0.4, -0.2) is 41.6 Å². The molecular formula is C14H16FN3O3S. The monoisotopic (exact) mass is 325 g/mol. The van der Waals surface area contributed by atoms with Crippen LogP contribution in [0.3, 0.4) is 0 Å². The van der Waals surface area contributed by atoms with Gasteiger partial charge in [0.15, 0.2) is 0 Å². The van der Waals surface area contributed by atoms with Crippen LogP contribution in [0, 0.1) is 5.82 Å². The number of methoxy groups -OCH3 is 1. The predicted molar refractivity (Wildman–Crippen MR) is 79.9 cm³/mol. The maximum atomic E-state index is 13.6. The molecule has 0 fully saturated rings. The molecule has 0 radical (unpaired) electrons. The molecule has 8 heteroatoms. The smallest absolute Gasteiger partial charge is 0.277 e. The molecule has 1 amide bonds. The SMILES string of the molecule is COCCNC(=O)[C@@H](C)Sc1nnc(-c2ccccc2F)o1. The average molecular weight is 325 g/mol. The summed E-state index contributed by atoms with van der Waals surface area (Å²) in [6, 6.07) is 6.13. The molecule has 2 rings (SSSR count). The van der Waals surface area contributed by atoms with Gasteiger partial charge in [0, 0.05) is 13.7 Å². The van der Waals surface area contributed by atoms with Gasteiger partial charge in [0.2, 0.25) is 5.91 Å². The molecule has 1 heterocycles. The molecule has 0 unspecified atom stereocenters. The molecule has 0 aliphatic carbocycles. The van der Waals surface area contributed by atoms with Crippen molar-refractivity contribution in [3.05, 3.63) is 30.1 Å². The van der Waals surface area contributed by atoms with Gasteiger partial charge in [-0.05, 0) is 19.1 Å². The van der Waals surface area contributed by atoms with Crippen molar-refractivity contribution in [1.82, 2.24) is 15.5 Å². The summed E-state index contributed by atoms with van der Waals surface area (Å²) in [5, 5.41) is 10.2. The molecule has 0 bridgehead atoms. The van der Waals surface area contributed by atoms with Gasteiger partial charge >= 0.3 is 0 Å². The number of nitrogens with one attached hydrogen (secondary N) is 1. The van der Waals surface area contributed by atoms with E-state index in [0.29, 0.717) is 13.2 Å². The Bertz CT molecular complexity index is 635. The zero-order chi connectivity index (χ0) is 15.9. The van der Waals surface area contributed by atoms with Crippen LogP contribution in [0.5, 0.6) is 0 Å². The summed E-state index contributed by atoms with van der Waals surface area (Å²) in [6.07, 6.45) is 0. The number of carbonyl (C=O) groups is 1. The van der Waals surface area contributed by atoms with Gasteiger partial charge in [-0.1, -0.05) is 23.9 Å². The number of hydrogen-bond acceptors (Lipinski definition) is 6. The number of aromatic nitrogens is 2. The lowest BCUT2D eigenvalue weighted by Gasteiger charge is -2.08. The fourth-order valence-corrected chi connectivity index (χ4v) is 2.33. The fourth-order valence-electron chi connectivity index (χ4n) is 1.63. The van der Waals surface area contributed by atoms with E-state index in [0.717, 1.165) is 11.8 Å². The summed E-state index contributed by atoms with van der Waals surface area (Å²) in [7, 11) is 1.56. The van der Waals surface area contributed by atoms with Crippen LogP contribution in [0.15, 0.2) is 33.9 Å². The van der Waals surface area contributed by atoms with Crippen molar-refractivity contribution < 1.29 is 18.3 Å². The Labute approximate surface area is 131 Å². The quantitative estimate of drug-likeness (QED) is 0.621. The van der Waals surface area contributed by atoms with Crippen LogP contribution in [0.1, 0.15) is 6.92 Å². The second-order valence-corrected chi connectivity index (χ2v) is 5.69. The Kier molecular flexibility index (Phi) is 5.91. The normalized spacial score (nSPS) is 12.1. The summed E-state index contributed by atoms with van der Waals surface area (Å²) < 4.78 is 23.9. The van der Waals surface area contributed by atoms with E-state index in [4.69, 9.17) is 9.15 Å². The zero-order valence-corrected chi connectivity index (χ0v) is 13.0. The molecule has 1 aromatic carbocycles. The Hall–Kier alpha value is -1.93. The lowest BCUT2D eigenvalue weighted by Crippen LogP contribution is -2.33. The van der Waals surface area contributed by atoms with Gasteiger partial charge in [-0.2, -0.15) is 0 Å². The number of rotatable bonds is 7. The third-order valence-corrected chi connectivity index (χ3v) is 3.70. The second-order valence-electron chi connectivity index (χ2n) is 4.40. The van der Waals surface area contributed by atoms with E-state index in [1.54, 1.807) is 32.2 Å². The van der Waals surface area contributed by atoms with E-state index in [1.807, 2.05) is 0 Å². The van der Waals surface area contributed by atoms with Crippen molar-refractivity contribution in [3.63, 3.8) is 0 Å². The van der Waals surface area contributed by atoms with Crippen LogP contribution in [-0.2, 0) is 9.53 Å². The number of nitrogens with zero attached hydrogens (tertiary/aromatic N) is 2. The van der Waals surface area contributed by atoms with Gasteiger partial charge in [0.1, 0.15) is 5.82 Å². The molecule has 1 atom stereocenters. The van der Waals surface area contributed by atoms with Gasteiger partial charge in [0.25, 0.3) is 11.1 Å². The van der Waals surface area contributed by atoms with Crippen LogP contribution in [0.2, 0.25) is 0 Å². The molecule has 0 aliphatic heterocycles. The fraction of sp³-hybridized carbons (Fsp3) is 0.357. The molecule has 118 valence electrons. The van der Waals surface area contributed by atoms with E-state index < -0.39 is 11.1 Å². The van der Waals surface area contributed by atoms with Crippen LogP contribution in [0.4, 0.5) is 4.39 Å². The minimum absolute atomic E-state index is 0.0904. The molecule has 1 N–H and O–H groups in total. The standard InChI is InChI=1S/C14H16FN3O3S/c1-9(12(19)16-7-8-20-2)22-14-18-17-13(21-14)10-5-3-4-6-11(10)15/h3-6,9H,7-8H2,1-2H3,(H,16,19)/t9-/m1/s1. The van der Waals surface area contributed by atoms with Crippen molar-refractivity contribution in [2.45, 2.75) is 17.4 Å². The maximum Gasteiger partial charge on any atom is 0.277 e. The third-order valence-electron chi connectivity index (χ3n) is 2.76. The van der Waals surface area contributed by atoms with Gasteiger partial charge in [-0.3, -0.25) is 4.79 Å². The van der Waals surface area contributed by atoms with E-state index in [1.165, 1.54) is 6.07 Å². The first-order valence-electron chi connectivity index (χ1n) is 6.63. The number of ether oxygens (including phenoxy) is 1. The van der Waals surface area contributed by atoms with E-state index in [2.05, 4.69) is 15.5 Å². The first kappa shape index (κ1) is 16.4. The highest BCUT2D eigenvalue weighted by Crippen LogP contribution is 2.27. The second kappa shape index (κ2) is 7.90. The number of hydrogen-bond donors (Lipinski definition) is 1. The van der Waals surface area contributed by atoms with Crippen molar-refractivity contribution in [1.29, 1.82) is 0 Å². The third kappa shape index (κ3) is 4.28. The van der Waals surface area contributed by atoms with Gasteiger partial charge in [-0.15, -0.1) is 10.2 Å². The first-order chi connectivity index (χ1) is 10.6. The lowest BCUT2D eigenvalue weighted by atomic mass is 10.2. The molecule has 0 aliphatic rings. The van der Waals surface area contributed by atoms with E-state index >= 15 is 0 Å². The molecule has 0 saturated carbocycles. The zero-order valence-electron chi connectivity index (χ0n) is 12.2. The number of carbonyl (C=O) groups excluding carboxylic acids is 1. The Morgan fingerprint density at radius 1 is 1.45 bits per heavy atom. The van der Waals surface area contributed by atoms with Crippen LogP contribution >= 0.6 is 11.8 Å². The predicted octanol–water partition coefficient (Wildman–Crippen LogP) is 2.12. The van der Waals surface area contributed by atoms with Gasteiger partial charge < -0.3 is 14.5 Å². The summed E-state index contributed by atoms with van der Waals surface area (Å²) in [5.74, 6) is -0.506. The topological polar surface area (TPSA) is 77.2 Å². The minimum atomic E-state index is -0.437. The number of halogens is 1. The highest BCUT2D eigenvalue weighted by molar-refractivity contribution is 8.00. The van der Waals surface area contributed by atoms with Gasteiger partial charge in [0.05, 0.1) is 17.4 Å². The minimum Gasteiger partial charge on any atom is -0.411 e. The first-order valence-corrected chi connectivity index (χ1v) is 7.51. The number of benzene rings is 1. The lowest BCUT2D eigenvalue weighted by molar-refractivity contribution is -0.120. The highest BCUT2D eigenvalue weighted by Gasteiger charge is 2.19. The molecule has 6 nitrogen and oxygen atoms in total. The van der Waals surface area contributed by atoms with E-state index in [-0.39, 0.29) is 22.6 Å². The van der Waals surface area contributed by atoms with Crippen LogP contribution < -0.4 is 5.32 Å². The Balaban J connectivity index is 1.97. The molecule has 1 aromatic heterocycles. The molecular weight excluding hydrogens is 309 g/mol. The Morgan fingerprint density at radius 3 is 2.95 bits per heavy atom. The molecule has 2 aromatic rings. The molecule has 22 heavy (non-hydrogen) atoms. The average Bonchev–Trinajstić information content (AvgIpc) is 2.96. The molecule has 0 saturated heterocycles. The van der Waals surface area contributed by atoms with Crippen LogP contribution in [0.25, 0.3) is 11.5 Å². The summed E-state index contributed by atoms with van der Waals surface area (Å²) >= 11 is 1.12. The van der Waals surface area contributed by atoms with Crippen molar-refractivity contribution in [2.24, 2.45) is 0 Å². The summed E-state index contributed by atoms with van der Waals surface area (Å²) in [4.78, 5) is 11.8. The largest absolute Gasteiger partial charge is 0.411 e. The maximum absolute atomic E-state index is 13.6. The summed E-state index contributed by atoms with van der Waals surface area (Å²) in [5.41, 5.74) is 0.235. The van der Waals surface area contributed by atoms with Crippen molar-refractivity contribution in [2.75, 3.05) is 20.3 Å². The van der Waals surface area contributed by atoms with Crippen molar-refractivity contribution >= 4 is 17.7 Å². The van der Waals surface area contributed by atoms with Crippen molar-refractivity contribution in [3.8, 4) is 11.5 Å². The van der Waals surface area contributed by atoms with E-state index in [9.17, 15) is 9.18 Å². The Morgan fingerprint density at radius 2 is 2.23 bits per heavy atom. The highest BCUT2D eigenvalue weighted by atomic mass is 32.2. The summed E-state index contributed by atoms with van der Waals surface area (Å²) in [6.45, 7) is 2.60. The number of thioether (sulfide) groups is 1. The van der Waals surface area contributed by atoms with Gasteiger partial charge in [-0.25, -0.2) is 4.39 Å².